The van der Waals surface area contributed by atoms with Gasteiger partial charge >= 0.3 is 0 Å². The highest BCUT2D eigenvalue weighted by molar-refractivity contribution is 7.99. The average Bonchev–Trinajstić information content (AvgIpc) is 2.51. The van der Waals surface area contributed by atoms with Gasteiger partial charge in [0.05, 0.1) is 6.04 Å². The minimum absolute atomic E-state index is 0.406. The van der Waals surface area contributed by atoms with Crippen molar-refractivity contribution in [2.24, 2.45) is 0 Å². The van der Waals surface area contributed by atoms with E-state index in [0.29, 0.717) is 6.04 Å². The van der Waals surface area contributed by atoms with Crippen molar-refractivity contribution in [3.8, 4) is 0 Å². The molecule has 3 rings (SSSR count). The third-order valence-electron chi connectivity index (χ3n) is 3.64. The van der Waals surface area contributed by atoms with Gasteiger partial charge in [-0.05, 0) is 11.1 Å². The molecule has 0 saturated carbocycles. The van der Waals surface area contributed by atoms with Crippen molar-refractivity contribution in [1.82, 2.24) is 4.90 Å². The molecule has 0 aromatic heterocycles. The Hall–Kier alpha value is -1.25. The predicted molar refractivity (Wildman–Crippen MR) is 83.6 cm³/mol. The van der Waals surface area contributed by atoms with Crippen LogP contribution in [0, 0.1) is 0 Å². The van der Waals surface area contributed by atoms with Crippen LogP contribution in [0.4, 0.5) is 0 Å². The van der Waals surface area contributed by atoms with Crippen molar-refractivity contribution in [1.29, 1.82) is 0 Å². The normalized spacial score (nSPS) is 16.7. The fourth-order valence-corrected chi connectivity index (χ4v) is 3.65. The van der Waals surface area contributed by atoms with Gasteiger partial charge in [-0.15, -0.1) is 0 Å². The number of hydrogen-bond acceptors (Lipinski definition) is 2. The first-order valence-electron chi connectivity index (χ1n) is 6.87. The molecule has 1 aliphatic rings. The molecule has 0 unspecified atom stereocenters. The third-order valence-corrected chi connectivity index (χ3v) is 4.58. The van der Waals surface area contributed by atoms with Gasteiger partial charge in [0.2, 0.25) is 0 Å². The van der Waals surface area contributed by atoms with Crippen molar-refractivity contribution in [2.45, 2.75) is 6.04 Å². The summed E-state index contributed by atoms with van der Waals surface area (Å²) >= 11 is 2.06. The van der Waals surface area contributed by atoms with E-state index >= 15 is 0 Å². The smallest absolute Gasteiger partial charge is 0.0602 e. The minimum atomic E-state index is 0.406. The van der Waals surface area contributed by atoms with Crippen LogP contribution in [-0.2, 0) is 0 Å². The van der Waals surface area contributed by atoms with Gasteiger partial charge in [-0.25, -0.2) is 0 Å². The van der Waals surface area contributed by atoms with Crippen LogP contribution in [0.2, 0.25) is 0 Å². The van der Waals surface area contributed by atoms with Crippen LogP contribution in [-0.4, -0.2) is 29.5 Å². The van der Waals surface area contributed by atoms with Gasteiger partial charge in [0.15, 0.2) is 0 Å². The van der Waals surface area contributed by atoms with Gasteiger partial charge in [0, 0.05) is 24.6 Å². The Morgan fingerprint density at radius 1 is 0.737 bits per heavy atom. The lowest BCUT2D eigenvalue weighted by molar-refractivity contribution is 0.249. The molecule has 0 atom stereocenters. The summed E-state index contributed by atoms with van der Waals surface area (Å²) in [6.07, 6.45) is 0. The van der Waals surface area contributed by atoms with Crippen LogP contribution in [0.5, 0.6) is 0 Å². The van der Waals surface area contributed by atoms with Crippen molar-refractivity contribution in [2.75, 3.05) is 24.6 Å². The Balaban J connectivity index is 1.96. The molecule has 98 valence electrons. The zero-order valence-electron chi connectivity index (χ0n) is 11.0. The Morgan fingerprint density at radius 2 is 1.21 bits per heavy atom. The maximum Gasteiger partial charge on any atom is 0.0602 e. The van der Waals surface area contributed by atoms with E-state index in [2.05, 4.69) is 77.3 Å². The van der Waals surface area contributed by atoms with Gasteiger partial charge in [0.25, 0.3) is 0 Å². The monoisotopic (exact) mass is 269 g/mol. The maximum atomic E-state index is 2.61. The van der Waals surface area contributed by atoms with Crippen molar-refractivity contribution < 1.29 is 0 Å². The number of hydrogen-bond donors (Lipinski definition) is 0. The topological polar surface area (TPSA) is 3.24 Å². The molecule has 0 radical (unpaired) electrons. The highest BCUT2D eigenvalue weighted by Gasteiger charge is 2.23. The molecule has 2 heteroatoms. The zero-order valence-corrected chi connectivity index (χ0v) is 11.9. The van der Waals surface area contributed by atoms with Crippen molar-refractivity contribution in [3.63, 3.8) is 0 Å². The summed E-state index contributed by atoms with van der Waals surface area (Å²) in [5.74, 6) is 2.49. The van der Waals surface area contributed by atoms with E-state index < -0.39 is 0 Å². The van der Waals surface area contributed by atoms with Crippen LogP contribution in [0.3, 0.4) is 0 Å². The number of nitrogens with zero attached hydrogens (tertiary/aromatic N) is 1. The highest BCUT2D eigenvalue weighted by atomic mass is 32.2. The van der Waals surface area contributed by atoms with Gasteiger partial charge in [-0.3, -0.25) is 4.90 Å². The molecular formula is C17H19NS. The van der Waals surface area contributed by atoms with Gasteiger partial charge in [-0.1, -0.05) is 60.7 Å². The van der Waals surface area contributed by atoms with Gasteiger partial charge in [-0.2, -0.15) is 11.8 Å². The second-order valence-corrected chi connectivity index (χ2v) is 6.10. The summed E-state index contributed by atoms with van der Waals surface area (Å²) in [4.78, 5) is 2.61. The molecule has 1 nitrogen and oxygen atoms in total. The Morgan fingerprint density at radius 3 is 1.68 bits per heavy atom. The fraction of sp³-hybridized carbons (Fsp3) is 0.294. The molecule has 0 N–H and O–H groups in total. The van der Waals surface area contributed by atoms with Crippen LogP contribution in [0.1, 0.15) is 17.2 Å². The standard InChI is InChI=1S/C17H19NS/c1-3-7-15(8-4-1)17(16-9-5-2-6-10-16)18-11-13-19-14-12-18/h1-10,17H,11-14H2. The molecule has 2 aromatic rings. The van der Waals surface area contributed by atoms with E-state index in [0.717, 1.165) is 0 Å². The molecule has 1 aliphatic heterocycles. The van der Waals surface area contributed by atoms with E-state index in [9.17, 15) is 0 Å². The predicted octanol–water partition coefficient (Wildman–Crippen LogP) is 3.82. The summed E-state index contributed by atoms with van der Waals surface area (Å²) in [5, 5.41) is 0. The van der Waals surface area contributed by atoms with E-state index in [-0.39, 0.29) is 0 Å². The number of thioether (sulfide) groups is 1. The Kier molecular flexibility index (Phi) is 4.21. The number of rotatable bonds is 3. The molecule has 1 heterocycles. The SMILES string of the molecule is c1ccc(C(c2ccccc2)N2CCSCC2)cc1. The zero-order chi connectivity index (χ0) is 12.9. The summed E-state index contributed by atoms with van der Waals surface area (Å²) in [6, 6.07) is 22.2. The van der Waals surface area contributed by atoms with Crippen molar-refractivity contribution in [3.05, 3.63) is 71.8 Å². The second kappa shape index (κ2) is 6.27. The molecule has 0 aliphatic carbocycles. The largest absolute Gasteiger partial charge is 0.291 e. The summed E-state index contributed by atoms with van der Waals surface area (Å²) in [6.45, 7) is 2.36. The lowest BCUT2D eigenvalue weighted by Gasteiger charge is -2.35. The summed E-state index contributed by atoms with van der Waals surface area (Å²) in [5.41, 5.74) is 2.81. The van der Waals surface area contributed by atoms with E-state index in [4.69, 9.17) is 0 Å². The lowest BCUT2D eigenvalue weighted by atomic mass is 9.97. The second-order valence-electron chi connectivity index (χ2n) is 4.87. The first-order valence-corrected chi connectivity index (χ1v) is 8.02. The number of benzene rings is 2. The first-order chi connectivity index (χ1) is 9.45. The Labute approximate surface area is 119 Å². The van der Waals surface area contributed by atoms with Gasteiger partial charge in [0.1, 0.15) is 0 Å². The van der Waals surface area contributed by atoms with Crippen molar-refractivity contribution >= 4 is 11.8 Å². The van der Waals surface area contributed by atoms with E-state index in [1.54, 1.807) is 0 Å². The van der Waals surface area contributed by atoms with Crippen LogP contribution >= 0.6 is 11.8 Å². The van der Waals surface area contributed by atoms with Crippen LogP contribution in [0.25, 0.3) is 0 Å². The Bertz CT molecular complexity index is 452. The fourth-order valence-electron chi connectivity index (χ4n) is 2.72. The quantitative estimate of drug-likeness (QED) is 0.833. The van der Waals surface area contributed by atoms with E-state index in [1.807, 2.05) is 0 Å². The van der Waals surface area contributed by atoms with E-state index in [1.165, 1.54) is 35.7 Å². The molecule has 0 bridgehead atoms. The molecule has 19 heavy (non-hydrogen) atoms. The summed E-state index contributed by atoms with van der Waals surface area (Å²) in [7, 11) is 0. The molecular weight excluding hydrogens is 250 g/mol. The molecule has 0 spiro atoms. The molecule has 2 aromatic carbocycles. The first kappa shape index (κ1) is 12.8. The highest BCUT2D eigenvalue weighted by Crippen LogP contribution is 2.30. The molecule has 1 fully saturated rings. The third kappa shape index (κ3) is 3.02. The summed E-state index contributed by atoms with van der Waals surface area (Å²) < 4.78 is 0. The molecule has 1 saturated heterocycles. The average molecular weight is 269 g/mol. The maximum absolute atomic E-state index is 2.61. The van der Waals surface area contributed by atoms with Gasteiger partial charge < -0.3 is 0 Å². The van der Waals surface area contributed by atoms with Crippen LogP contribution < -0.4 is 0 Å². The van der Waals surface area contributed by atoms with Crippen LogP contribution in [0.15, 0.2) is 60.7 Å². The molecule has 0 amide bonds. The minimum Gasteiger partial charge on any atom is -0.291 e. The lowest BCUT2D eigenvalue weighted by Crippen LogP contribution is -2.36.